The Balaban J connectivity index is 0.000000303. The van der Waals surface area contributed by atoms with Crippen LogP contribution in [0.25, 0.3) is 22.3 Å². The van der Waals surface area contributed by atoms with Gasteiger partial charge in [0.15, 0.2) is 0 Å². The minimum absolute atomic E-state index is 0.0185. The Bertz CT molecular complexity index is 1620. The third kappa shape index (κ3) is 8.35. The van der Waals surface area contributed by atoms with E-state index in [0.29, 0.717) is 22.6 Å². The second-order valence-corrected chi connectivity index (χ2v) is 12.7. The molecule has 1 heterocycles. The van der Waals surface area contributed by atoms with E-state index in [4.69, 9.17) is 14.2 Å². The molecule has 0 aliphatic rings. The summed E-state index contributed by atoms with van der Waals surface area (Å²) >= 11 is 5.44. The maximum absolute atomic E-state index is 12.5. The number of hydrogen-bond donors (Lipinski definition) is 0. The van der Waals surface area contributed by atoms with Crippen molar-refractivity contribution in [2.75, 3.05) is 28.4 Å². The first-order chi connectivity index (χ1) is 20.3. The molecule has 0 N–H and O–H groups in total. The largest absolute Gasteiger partial charge is 0.495 e. The summed E-state index contributed by atoms with van der Waals surface area (Å²) < 4.78 is 22.1. The first kappa shape index (κ1) is 34.1. The van der Waals surface area contributed by atoms with E-state index < -0.39 is 11.9 Å². The van der Waals surface area contributed by atoms with Crippen molar-refractivity contribution in [1.29, 1.82) is 0 Å². The lowest BCUT2D eigenvalue weighted by molar-refractivity contribution is 0.0588. The molecule has 0 spiro atoms. The third-order valence-corrected chi connectivity index (χ3v) is 7.78. The zero-order valence-electron chi connectivity index (χ0n) is 25.5. The highest BCUT2D eigenvalue weighted by molar-refractivity contribution is 14.1. The summed E-state index contributed by atoms with van der Waals surface area (Å²) in [5, 5.41) is 0. The average molecular weight is 760 g/mol. The number of halogens is 2. The van der Waals surface area contributed by atoms with Gasteiger partial charge in [-0.05, 0) is 97.9 Å². The molecule has 4 aromatic rings. The molecule has 0 saturated carbocycles. The first-order valence-electron chi connectivity index (χ1n) is 13.3. The molecule has 0 amide bonds. The molecule has 0 atom stereocenters. The zero-order valence-corrected chi connectivity index (χ0v) is 29.2. The number of carbonyl (C=O) groups is 2. The molecule has 0 aliphatic carbocycles. The van der Waals surface area contributed by atoms with Crippen molar-refractivity contribution in [3.05, 3.63) is 97.3 Å². The Morgan fingerprint density at radius 1 is 0.791 bits per heavy atom. The third-order valence-electron chi connectivity index (χ3n) is 6.57. The number of aromatic nitrogens is 1. The number of rotatable bonds is 6. The van der Waals surface area contributed by atoms with Gasteiger partial charge in [0.1, 0.15) is 22.6 Å². The van der Waals surface area contributed by atoms with E-state index in [1.165, 1.54) is 32.5 Å². The van der Waals surface area contributed by atoms with Crippen molar-refractivity contribution in [1.82, 2.24) is 4.98 Å². The normalized spacial score (nSPS) is 10.7. The van der Waals surface area contributed by atoms with Crippen LogP contribution in [0.2, 0.25) is 0 Å². The minimum atomic E-state index is -0.433. The summed E-state index contributed by atoms with van der Waals surface area (Å²) in [4.78, 5) is 28.1. The van der Waals surface area contributed by atoms with Crippen LogP contribution in [0.3, 0.4) is 0 Å². The van der Waals surface area contributed by atoms with Crippen LogP contribution in [-0.2, 0) is 14.9 Å². The topological polar surface area (TPSA) is 84.0 Å². The molecule has 0 fully saturated rings. The lowest BCUT2D eigenvalue weighted by Gasteiger charge is -2.21. The highest BCUT2D eigenvalue weighted by Crippen LogP contribution is 2.39. The van der Waals surface area contributed by atoms with Gasteiger partial charge in [-0.15, -0.1) is 0 Å². The molecule has 7 nitrogen and oxygen atoms in total. The summed E-state index contributed by atoms with van der Waals surface area (Å²) in [5.74, 6) is 0.146. The molecule has 0 bridgehead atoms. The van der Waals surface area contributed by atoms with E-state index in [9.17, 15) is 9.59 Å². The van der Waals surface area contributed by atoms with Gasteiger partial charge >= 0.3 is 11.9 Å². The van der Waals surface area contributed by atoms with Gasteiger partial charge in [-0.25, -0.2) is 9.59 Å². The second-order valence-electron chi connectivity index (χ2n) is 10.6. The zero-order chi connectivity index (χ0) is 31.9. The van der Waals surface area contributed by atoms with E-state index in [-0.39, 0.29) is 5.41 Å². The Kier molecular flexibility index (Phi) is 11.7. The summed E-state index contributed by atoms with van der Waals surface area (Å²) in [7, 11) is 5.79. The van der Waals surface area contributed by atoms with Gasteiger partial charge in [-0.3, -0.25) is 4.98 Å². The predicted octanol–water partition coefficient (Wildman–Crippen LogP) is 8.67. The monoisotopic (exact) mass is 759 g/mol. The molecule has 0 saturated heterocycles. The van der Waals surface area contributed by atoms with E-state index in [1.807, 2.05) is 30.3 Å². The number of ether oxygens (including phenoxy) is 4. The van der Waals surface area contributed by atoms with E-state index in [1.54, 1.807) is 25.6 Å². The van der Waals surface area contributed by atoms with Crippen molar-refractivity contribution in [2.45, 2.75) is 33.1 Å². The molecule has 1 aromatic heterocycles. The van der Waals surface area contributed by atoms with Crippen molar-refractivity contribution in [3.8, 4) is 33.8 Å². The molecule has 43 heavy (non-hydrogen) atoms. The van der Waals surface area contributed by atoms with Crippen LogP contribution in [0, 0.1) is 10.5 Å². The van der Waals surface area contributed by atoms with Crippen molar-refractivity contribution in [3.63, 3.8) is 0 Å². The molecule has 4 rings (SSSR count). The lowest BCUT2D eigenvalue weighted by atomic mass is 9.84. The standard InChI is InChI=1S/C25H27NO3.C9H8BrIO3/c1-16-10-18(12-20(11-16)25(2,3)4)19-13-21(17-8-7-9-26-15-17)23(28-5)22(14-19)24(27)29-6;1-13-8-6(9(12)14-2)3-5(11)4-7(8)10/h7-15H,1-6H3;3-4H,1-2H3. The maximum Gasteiger partial charge on any atom is 0.341 e. The molecule has 9 heteroatoms. The Hall–Kier alpha value is -3.44. The number of esters is 2. The van der Waals surface area contributed by atoms with Crippen molar-refractivity contribution in [2.24, 2.45) is 0 Å². The molecule has 0 radical (unpaired) electrons. The number of hydrogen-bond acceptors (Lipinski definition) is 7. The highest BCUT2D eigenvalue weighted by atomic mass is 127. The number of pyridine rings is 1. The van der Waals surface area contributed by atoms with Crippen LogP contribution in [0.4, 0.5) is 0 Å². The number of methoxy groups -OCH3 is 4. The average Bonchev–Trinajstić information content (AvgIpc) is 2.99. The fraction of sp³-hybridized carbons (Fsp3) is 0.265. The fourth-order valence-electron chi connectivity index (χ4n) is 4.43. The smallest absolute Gasteiger partial charge is 0.341 e. The molecule has 0 aliphatic heterocycles. The van der Waals surface area contributed by atoms with Gasteiger partial charge in [-0.2, -0.15) is 0 Å². The molecule has 0 unspecified atom stereocenters. The van der Waals surface area contributed by atoms with Gasteiger partial charge in [-0.1, -0.05) is 50.6 Å². The quantitative estimate of drug-likeness (QED) is 0.144. The van der Waals surface area contributed by atoms with Crippen molar-refractivity contribution >= 4 is 50.5 Å². The van der Waals surface area contributed by atoms with E-state index in [2.05, 4.69) is 94.1 Å². The molecule has 226 valence electrons. The Morgan fingerprint density at radius 2 is 1.40 bits per heavy atom. The summed E-state index contributed by atoms with van der Waals surface area (Å²) in [6.07, 6.45) is 3.48. The first-order valence-corrected chi connectivity index (χ1v) is 15.2. The highest BCUT2D eigenvalue weighted by Gasteiger charge is 2.22. The van der Waals surface area contributed by atoms with Crippen LogP contribution in [0.5, 0.6) is 11.5 Å². The van der Waals surface area contributed by atoms with Gasteiger partial charge in [0.25, 0.3) is 0 Å². The summed E-state index contributed by atoms with van der Waals surface area (Å²) in [6, 6.07) is 17.8. The van der Waals surface area contributed by atoms with Crippen LogP contribution in [0.1, 0.15) is 52.6 Å². The molecular weight excluding hydrogens is 725 g/mol. The summed E-state index contributed by atoms with van der Waals surface area (Å²) in [5.41, 5.74) is 6.91. The lowest BCUT2D eigenvalue weighted by Crippen LogP contribution is -2.11. The number of carbonyl (C=O) groups excluding carboxylic acids is 2. The minimum Gasteiger partial charge on any atom is -0.495 e. The number of nitrogens with zero attached hydrogens (tertiary/aromatic N) is 1. The maximum atomic E-state index is 12.5. The molecule has 3 aromatic carbocycles. The Morgan fingerprint density at radius 3 is 1.93 bits per heavy atom. The van der Waals surface area contributed by atoms with Gasteiger partial charge in [0.2, 0.25) is 0 Å². The van der Waals surface area contributed by atoms with E-state index >= 15 is 0 Å². The van der Waals surface area contributed by atoms with Crippen LogP contribution in [-0.4, -0.2) is 45.4 Å². The van der Waals surface area contributed by atoms with Gasteiger partial charge in [0.05, 0.1) is 32.9 Å². The fourth-order valence-corrected chi connectivity index (χ4v) is 6.10. The summed E-state index contributed by atoms with van der Waals surface area (Å²) in [6.45, 7) is 8.67. The predicted molar refractivity (Wildman–Crippen MR) is 181 cm³/mol. The number of aryl methyl sites for hydroxylation is 1. The molecular formula is C34H35BrINO6. The number of benzene rings is 3. The van der Waals surface area contributed by atoms with Gasteiger partial charge in [0, 0.05) is 27.1 Å². The van der Waals surface area contributed by atoms with Crippen LogP contribution in [0.15, 0.2) is 71.5 Å². The van der Waals surface area contributed by atoms with E-state index in [0.717, 1.165) is 30.3 Å². The van der Waals surface area contributed by atoms with Crippen LogP contribution < -0.4 is 9.47 Å². The Labute approximate surface area is 275 Å². The SMILES string of the molecule is COC(=O)c1cc(-c2cc(C)cc(C(C)(C)C)c2)cc(-c2cccnc2)c1OC.COC(=O)c1cc(I)cc(Br)c1OC. The van der Waals surface area contributed by atoms with Crippen molar-refractivity contribution < 1.29 is 28.5 Å². The second kappa shape index (κ2) is 14.8. The van der Waals surface area contributed by atoms with Crippen LogP contribution >= 0.6 is 38.5 Å². The van der Waals surface area contributed by atoms with Gasteiger partial charge < -0.3 is 18.9 Å².